The Bertz CT molecular complexity index is 831. The number of hydrogen-bond acceptors (Lipinski definition) is 3. The van der Waals surface area contributed by atoms with Gasteiger partial charge in [0.1, 0.15) is 5.82 Å². The largest absolute Gasteiger partial charge is 0.338 e. The van der Waals surface area contributed by atoms with Gasteiger partial charge in [-0.3, -0.25) is 4.79 Å². The van der Waals surface area contributed by atoms with Crippen molar-refractivity contribution in [2.75, 3.05) is 18.4 Å². The third-order valence-corrected chi connectivity index (χ3v) is 4.50. The number of carbonyl (C=O) groups excluding carboxylic acids is 1. The Kier molecular flexibility index (Phi) is 4.01. The number of carbonyl (C=O) groups is 1. The summed E-state index contributed by atoms with van der Waals surface area (Å²) in [6, 6.07) is 15.8. The lowest BCUT2D eigenvalue weighted by Crippen LogP contribution is -2.34. The summed E-state index contributed by atoms with van der Waals surface area (Å²) in [5, 5.41) is 6.33. The molecule has 0 radical (unpaired) electrons. The summed E-state index contributed by atoms with van der Waals surface area (Å²) in [6.45, 7) is 1.83. The Balaban J connectivity index is 1.55. The third kappa shape index (κ3) is 3.03. The van der Waals surface area contributed by atoms with Crippen LogP contribution in [0.5, 0.6) is 0 Å². The predicted octanol–water partition coefficient (Wildman–Crippen LogP) is 3.17. The van der Waals surface area contributed by atoms with Crippen LogP contribution >= 0.6 is 0 Å². The van der Waals surface area contributed by atoms with Crippen LogP contribution in [0, 0.1) is 5.92 Å². The fourth-order valence-electron chi connectivity index (χ4n) is 3.16. The first kappa shape index (κ1) is 14.9. The Morgan fingerprint density at radius 2 is 1.92 bits per heavy atom. The van der Waals surface area contributed by atoms with Gasteiger partial charge in [0.25, 0.3) is 0 Å². The number of amides is 1. The van der Waals surface area contributed by atoms with Gasteiger partial charge in [-0.25, -0.2) is 4.98 Å². The molecule has 0 unspecified atom stereocenters. The number of H-pyrrole nitrogens is 1. The first-order valence-electron chi connectivity index (χ1n) is 8.36. The lowest BCUT2D eigenvalue weighted by atomic mass is 9.97. The van der Waals surface area contributed by atoms with Gasteiger partial charge in [0.2, 0.25) is 5.91 Å². The van der Waals surface area contributed by atoms with Crippen molar-refractivity contribution in [3.63, 3.8) is 0 Å². The Labute approximate surface area is 140 Å². The Morgan fingerprint density at radius 1 is 1.08 bits per heavy atom. The number of nitrogens with one attached hydrogen (secondary N) is 3. The molecule has 0 aliphatic carbocycles. The monoisotopic (exact) mass is 320 g/mol. The number of piperidine rings is 1. The van der Waals surface area contributed by atoms with Crippen LogP contribution in [0.4, 0.5) is 5.69 Å². The highest BCUT2D eigenvalue weighted by molar-refractivity contribution is 5.93. The van der Waals surface area contributed by atoms with E-state index in [4.69, 9.17) is 0 Å². The summed E-state index contributed by atoms with van der Waals surface area (Å²) >= 11 is 0. The fourth-order valence-corrected chi connectivity index (χ4v) is 3.16. The van der Waals surface area contributed by atoms with Crippen molar-refractivity contribution in [2.24, 2.45) is 5.92 Å². The molecular weight excluding hydrogens is 300 g/mol. The van der Waals surface area contributed by atoms with Gasteiger partial charge in [-0.05, 0) is 50.2 Å². The minimum atomic E-state index is 0.0982. The molecule has 4 rings (SSSR count). The minimum absolute atomic E-state index is 0.0982. The molecule has 1 aliphatic heterocycles. The molecule has 1 aromatic heterocycles. The number of aromatic nitrogens is 2. The molecule has 5 nitrogen and oxygen atoms in total. The van der Waals surface area contributed by atoms with Gasteiger partial charge >= 0.3 is 0 Å². The van der Waals surface area contributed by atoms with Crippen LogP contribution in [0.25, 0.3) is 22.4 Å². The second-order valence-electron chi connectivity index (χ2n) is 6.20. The van der Waals surface area contributed by atoms with Crippen LogP contribution < -0.4 is 10.6 Å². The maximum absolute atomic E-state index is 12.4. The van der Waals surface area contributed by atoms with Crippen molar-refractivity contribution in [1.29, 1.82) is 0 Å². The predicted molar refractivity (Wildman–Crippen MR) is 95.8 cm³/mol. The van der Waals surface area contributed by atoms with Crippen molar-refractivity contribution >= 4 is 22.6 Å². The van der Waals surface area contributed by atoms with Gasteiger partial charge in [0.15, 0.2) is 0 Å². The smallest absolute Gasteiger partial charge is 0.227 e. The number of nitrogens with zero attached hydrogens (tertiary/aromatic N) is 1. The number of anilines is 1. The average molecular weight is 320 g/mol. The molecule has 3 aromatic rings. The van der Waals surface area contributed by atoms with E-state index in [1.54, 1.807) is 0 Å². The van der Waals surface area contributed by atoms with Gasteiger partial charge in [-0.2, -0.15) is 0 Å². The van der Waals surface area contributed by atoms with Crippen LogP contribution in [0.1, 0.15) is 12.8 Å². The lowest BCUT2D eigenvalue weighted by molar-refractivity contribution is -0.120. The number of para-hydroxylation sites is 2. The molecule has 1 saturated heterocycles. The molecule has 122 valence electrons. The molecule has 0 spiro atoms. The van der Waals surface area contributed by atoms with Crippen LogP contribution in [-0.2, 0) is 4.79 Å². The van der Waals surface area contributed by atoms with Gasteiger partial charge in [-0.1, -0.05) is 24.3 Å². The molecule has 2 heterocycles. The van der Waals surface area contributed by atoms with Gasteiger partial charge < -0.3 is 15.6 Å². The molecule has 0 atom stereocenters. The van der Waals surface area contributed by atoms with Crippen molar-refractivity contribution in [3.05, 3.63) is 48.5 Å². The number of aromatic amines is 1. The van der Waals surface area contributed by atoms with Crippen molar-refractivity contribution in [1.82, 2.24) is 15.3 Å². The van der Waals surface area contributed by atoms with E-state index in [1.807, 2.05) is 48.5 Å². The molecule has 5 heteroatoms. The Hall–Kier alpha value is -2.66. The topological polar surface area (TPSA) is 69.8 Å². The lowest BCUT2D eigenvalue weighted by Gasteiger charge is -2.21. The minimum Gasteiger partial charge on any atom is -0.338 e. The highest BCUT2D eigenvalue weighted by Crippen LogP contribution is 2.24. The maximum atomic E-state index is 12.4. The molecule has 1 fully saturated rings. The second-order valence-corrected chi connectivity index (χ2v) is 6.20. The van der Waals surface area contributed by atoms with Gasteiger partial charge in [0.05, 0.1) is 11.0 Å². The molecule has 1 aliphatic rings. The summed E-state index contributed by atoms with van der Waals surface area (Å²) in [5.74, 6) is 1.02. The third-order valence-electron chi connectivity index (χ3n) is 4.50. The molecule has 0 bridgehead atoms. The van der Waals surface area contributed by atoms with Crippen molar-refractivity contribution in [3.8, 4) is 11.4 Å². The zero-order chi connectivity index (χ0) is 16.4. The molecule has 3 N–H and O–H groups in total. The molecule has 0 saturated carbocycles. The normalized spacial score (nSPS) is 15.5. The number of rotatable bonds is 3. The van der Waals surface area contributed by atoms with E-state index in [1.165, 1.54) is 0 Å². The number of benzene rings is 2. The van der Waals surface area contributed by atoms with E-state index in [2.05, 4.69) is 20.6 Å². The van der Waals surface area contributed by atoms with E-state index in [9.17, 15) is 4.79 Å². The summed E-state index contributed by atoms with van der Waals surface area (Å²) < 4.78 is 0. The highest BCUT2D eigenvalue weighted by Gasteiger charge is 2.20. The first-order chi connectivity index (χ1) is 11.8. The highest BCUT2D eigenvalue weighted by atomic mass is 16.1. The summed E-state index contributed by atoms with van der Waals surface area (Å²) in [6.07, 6.45) is 1.80. The maximum Gasteiger partial charge on any atom is 0.227 e. The van der Waals surface area contributed by atoms with Crippen LogP contribution in [0.3, 0.4) is 0 Å². The molecule has 1 amide bonds. The van der Waals surface area contributed by atoms with E-state index < -0.39 is 0 Å². The first-order valence-corrected chi connectivity index (χ1v) is 8.36. The quantitative estimate of drug-likeness (QED) is 0.694. The zero-order valence-corrected chi connectivity index (χ0v) is 13.4. The molecule has 2 aromatic carbocycles. The average Bonchev–Trinajstić information content (AvgIpc) is 3.07. The zero-order valence-electron chi connectivity index (χ0n) is 13.4. The van der Waals surface area contributed by atoms with E-state index in [-0.39, 0.29) is 11.8 Å². The van der Waals surface area contributed by atoms with Crippen molar-refractivity contribution < 1.29 is 4.79 Å². The number of imidazole rings is 1. The second kappa shape index (κ2) is 6.45. The van der Waals surface area contributed by atoms with Gasteiger partial charge in [0, 0.05) is 17.2 Å². The summed E-state index contributed by atoms with van der Waals surface area (Å²) in [7, 11) is 0. The summed E-state index contributed by atoms with van der Waals surface area (Å²) in [5.41, 5.74) is 3.74. The fraction of sp³-hybridized carbons (Fsp3) is 0.263. The van der Waals surface area contributed by atoms with Crippen molar-refractivity contribution in [2.45, 2.75) is 12.8 Å². The standard InChI is InChI=1S/C19H20N4O/c24-19(13-8-10-20-11-9-13)21-15-5-3-4-14(12-15)18-22-16-6-1-2-7-17(16)23-18/h1-7,12-13,20H,8-11H2,(H,21,24)(H,22,23). The number of hydrogen-bond donors (Lipinski definition) is 3. The van der Waals surface area contributed by atoms with E-state index in [0.717, 1.165) is 54.0 Å². The Morgan fingerprint density at radius 3 is 2.75 bits per heavy atom. The SMILES string of the molecule is O=C(Nc1cccc(-c2nc3ccccc3[nH]2)c1)C1CCNCC1. The van der Waals surface area contributed by atoms with Crippen LogP contribution in [-0.4, -0.2) is 29.0 Å². The summed E-state index contributed by atoms with van der Waals surface area (Å²) in [4.78, 5) is 20.3. The molecular formula is C19H20N4O. The molecule has 24 heavy (non-hydrogen) atoms. The van der Waals surface area contributed by atoms with Crippen LogP contribution in [0.2, 0.25) is 0 Å². The van der Waals surface area contributed by atoms with Crippen LogP contribution in [0.15, 0.2) is 48.5 Å². The van der Waals surface area contributed by atoms with E-state index >= 15 is 0 Å². The van der Waals surface area contributed by atoms with Gasteiger partial charge in [-0.15, -0.1) is 0 Å². The van der Waals surface area contributed by atoms with E-state index in [0.29, 0.717) is 0 Å². The number of fused-ring (bicyclic) bond motifs is 1.